The summed E-state index contributed by atoms with van der Waals surface area (Å²) >= 11 is 0. The van der Waals surface area contributed by atoms with E-state index < -0.39 is 11.4 Å². The molecule has 2 bridgehead atoms. The molecule has 2 unspecified atom stereocenters. The Morgan fingerprint density at radius 3 is 1.92 bits per heavy atom. The Bertz CT molecular complexity index is 1310. The number of rotatable bonds is 7. The van der Waals surface area contributed by atoms with Gasteiger partial charge in [-0.1, -0.05) is 104 Å². The van der Waals surface area contributed by atoms with Gasteiger partial charge in [0.25, 0.3) is 0 Å². The summed E-state index contributed by atoms with van der Waals surface area (Å²) < 4.78 is 0. The molecule has 5 heteroatoms. The SMILES string of the molecule is Cc1ccc(C(=O)ON=C2CC3(C(=O)N(Cc4ccccc4)Cc4ccccc4)CCC2(C)C3(C)C)cc1. The van der Waals surface area contributed by atoms with Crippen molar-refractivity contribution in [3.63, 3.8) is 0 Å². The van der Waals surface area contributed by atoms with Crippen molar-refractivity contribution < 1.29 is 14.4 Å². The van der Waals surface area contributed by atoms with Crippen molar-refractivity contribution in [2.24, 2.45) is 21.4 Å². The van der Waals surface area contributed by atoms with Crippen LogP contribution in [0, 0.1) is 23.2 Å². The van der Waals surface area contributed by atoms with E-state index in [0.29, 0.717) is 25.1 Å². The molecule has 3 aromatic carbocycles. The van der Waals surface area contributed by atoms with E-state index in [0.717, 1.165) is 35.2 Å². The molecule has 2 saturated carbocycles. The molecule has 196 valence electrons. The van der Waals surface area contributed by atoms with Gasteiger partial charge in [-0.15, -0.1) is 0 Å². The third-order valence-corrected chi connectivity index (χ3v) is 9.39. The Hall–Kier alpha value is -3.73. The van der Waals surface area contributed by atoms with Crippen LogP contribution in [0.1, 0.15) is 67.1 Å². The van der Waals surface area contributed by atoms with Crippen molar-refractivity contribution in [1.82, 2.24) is 4.90 Å². The number of oxime groups is 1. The molecule has 2 aliphatic carbocycles. The number of nitrogens with zero attached hydrogens (tertiary/aromatic N) is 2. The van der Waals surface area contributed by atoms with Gasteiger partial charge < -0.3 is 9.74 Å². The molecule has 0 spiro atoms. The van der Waals surface area contributed by atoms with Crippen LogP contribution in [0.5, 0.6) is 0 Å². The van der Waals surface area contributed by atoms with Gasteiger partial charge in [0.2, 0.25) is 5.91 Å². The molecule has 0 N–H and O–H groups in total. The van der Waals surface area contributed by atoms with Crippen molar-refractivity contribution in [3.8, 4) is 0 Å². The summed E-state index contributed by atoms with van der Waals surface area (Å²) in [6.45, 7) is 9.60. The Balaban J connectivity index is 1.44. The molecule has 2 fully saturated rings. The quantitative estimate of drug-likeness (QED) is 0.256. The number of hydrogen-bond acceptors (Lipinski definition) is 4. The first kappa shape index (κ1) is 25.9. The molecule has 38 heavy (non-hydrogen) atoms. The lowest BCUT2D eigenvalue weighted by atomic mass is 9.64. The van der Waals surface area contributed by atoms with Crippen LogP contribution >= 0.6 is 0 Å². The minimum absolute atomic E-state index is 0.147. The second kappa shape index (κ2) is 9.86. The highest BCUT2D eigenvalue weighted by atomic mass is 16.7. The van der Waals surface area contributed by atoms with Gasteiger partial charge in [-0.3, -0.25) is 4.79 Å². The van der Waals surface area contributed by atoms with Crippen molar-refractivity contribution in [2.45, 2.75) is 60.0 Å². The summed E-state index contributed by atoms with van der Waals surface area (Å²) in [5.74, 6) is -0.328. The number of benzene rings is 3. The van der Waals surface area contributed by atoms with Crippen molar-refractivity contribution in [1.29, 1.82) is 0 Å². The number of amides is 1. The largest absolute Gasteiger partial charge is 0.365 e. The molecule has 0 aromatic heterocycles. The first-order valence-electron chi connectivity index (χ1n) is 13.4. The maximum atomic E-state index is 14.6. The van der Waals surface area contributed by atoms with Crippen LogP contribution in [0.4, 0.5) is 0 Å². The van der Waals surface area contributed by atoms with Gasteiger partial charge in [0.1, 0.15) is 0 Å². The lowest BCUT2D eigenvalue weighted by Crippen LogP contribution is -2.48. The zero-order valence-corrected chi connectivity index (χ0v) is 22.7. The van der Waals surface area contributed by atoms with E-state index in [1.807, 2.05) is 60.4 Å². The zero-order valence-electron chi connectivity index (χ0n) is 22.7. The summed E-state index contributed by atoms with van der Waals surface area (Å²) in [4.78, 5) is 34.8. The Labute approximate surface area is 225 Å². The molecule has 0 aliphatic heterocycles. The van der Waals surface area contributed by atoms with Crippen molar-refractivity contribution in [2.75, 3.05) is 0 Å². The molecule has 5 rings (SSSR count). The van der Waals surface area contributed by atoms with E-state index in [1.165, 1.54) is 0 Å². The van der Waals surface area contributed by atoms with Gasteiger partial charge >= 0.3 is 5.97 Å². The molecule has 5 nitrogen and oxygen atoms in total. The number of carbonyl (C=O) groups excluding carboxylic acids is 2. The van der Waals surface area contributed by atoms with Crippen LogP contribution < -0.4 is 0 Å². The molecular formula is C33H36N2O3. The monoisotopic (exact) mass is 508 g/mol. The number of fused-ring (bicyclic) bond motifs is 2. The minimum Gasteiger partial charge on any atom is -0.334 e. The van der Waals surface area contributed by atoms with Crippen LogP contribution in [0.2, 0.25) is 0 Å². The lowest BCUT2D eigenvalue weighted by molar-refractivity contribution is -0.148. The third kappa shape index (κ3) is 4.34. The van der Waals surface area contributed by atoms with Gasteiger partial charge in [0.15, 0.2) is 0 Å². The maximum Gasteiger partial charge on any atom is 0.365 e. The number of hydrogen-bond donors (Lipinski definition) is 0. The minimum atomic E-state index is -0.611. The smallest absolute Gasteiger partial charge is 0.334 e. The molecule has 0 heterocycles. The number of aryl methyl sites for hydroxylation is 1. The van der Waals surface area contributed by atoms with Gasteiger partial charge in [-0.2, -0.15) is 0 Å². The lowest BCUT2D eigenvalue weighted by Gasteiger charge is -2.42. The second-order valence-electron chi connectivity index (χ2n) is 11.6. The third-order valence-electron chi connectivity index (χ3n) is 9.39. The van der Waals surface area contributed by atoms with Crippen LogP contribution in [0.15, 0.2) is 90.1 Å². The first-order valence-corrected chi connectivity index (χ1v) is 13.4. The molecule has 0 radical (unpaired) electrons. The van der Waals surface area contributed by atoms with E-state index in [4.69, 9.17) is 4.84 Å². The fourth-order valence-corrected chi connectivity index (χ4v) is 6.44. The topological polar surface area (TPSA) is 59.0 Å². The van der Waals surface area contributed by atoms with Gasteiger partial charge in [0, 0.05) is 24.9 Å². The fourth-order valence-electron chi connectivity index (χ4n) is 6.44. The van der Waals surface area contributed by atoms with Crippen LogP contribution in [0.3, 0.4) is 0 Å². The van der Waals surface area contributed by atoms with Crippen LogP contribution in [-0.2, 0) is 22.7 Å². The second-order valence-corrected chi connectivity index (χ2v) is 11.6. The highest BCUT2D eigenvalue weighted by Gasteiger charge is 2.72. The number of carbonyl (C=O) groups is 2. The predicted molar refractivity (Wildman–Crippen MR) is 149 cm³/mol. The molecule has 2 atom stereocenters. The summed E-state index contributed by atoms with van der Waals surface area (Å²) in [6, 6.07) is 27.6. The van der Waals surface area contributed by atoms with E-state index in [1.54, 1.807) is 12.1 Å². The van der Waals surface area contributed by atoms with Crippen LogP contribution in [0.25, 0.3) is 0 Å². The normalized spacial score (nSPS) is 24.4. The summed E-state index contributed by atoms with van der Waals surface area (Å²) in [5, 5.41) is 4.42. The van der Waals surface area contributed by atoms with Crippen LogP contribution in [-0.4, -0.2) is 22.5 Å². The average molecular weight is 509 g/mol. The van der Waals surface area contributed by atoms with E-state index >= 15 is 0 Å². The Morgan fingerprint density at radius 2 is 1.37 bits per heavy atom. The molecular weight excluding hydrogens is 472 g/mol. The van der Waals surface area contributed by atoms with Gasteiger partial charge in [-0.25, -0.2) is 4.79 Å². The molecule has 2 aliphatic rings. The zero-order chi connectivity index (χ0) is 27.0. The van der Waals surface area contributed by atoms with Crippen molar-refractivity contribution >= 4 is 17.6 Å². The maximum absolute atomic E-state index is 14.6. The Morgan fingerprint density at radius 1 is 0.816 bits per heavy atom. The van der Waals surface area contributed by atoms with E-state index in [2.05, 4.69) is 50.2 Å². The molecule has 3 aromatic rings. The predicted octanol–water partition coefficient (Wildman–Crippen LogP) is 6.95. The van der Waals surface area contributed by atoms with E-state index in [-0.39, 0.29) is 16.7 Å². The van der Waals surface area contributed by atoms with Gasteiger partial charge in [0.05, 0.1) is 16.7 Å². The van der Waals surface area contributed by atoms with Crippen molar-refractivity contribution in [3.05, 3.63) is 107 Å². The molecule has 0 saturated heterocycles. The van der Waals surface area contributed by atoms with Gasteiger partial charge in [-0.05, 0) is 48.4 Å². The van der Waals surface area contributed by atoms with E-state index in [9.17, 15) is 9.59 Å². The first-order chi connectivity index (χ1) is 18.2. The standard InChI is InChI=1S/C33H36N2O3/c1-24-15-17-27(18-16-24)29(36)38-34-28-21-33(20-19-32(28,4)31(33,2)3)30(37)35(22-25-11-7-5-8-12-25)23-26-13-9-6-10-14-26/h5-18H,19-23H2,1-4H3. The summed E-state index contributed by atoms with van der Waals surface area (Å²) in [6.07, 6.45) is 2.12. The Kier molecular flexibility index (Phi) is 6.72. The fraction of sp³-hybridized carbons (Fsp3) is 0.364. The average Bonchev–Trinajstić information content (AvgIpc) is 3.23. The summed E-state index contributed by atoms with van der Waals surface area (Å²) in [7, 11) is 0. The summed E-state index contributed by atoms with van der Waals surface area (Å²) in [5.41, 5.74) is 3.26. The highest BCUT2D eigenvalue weighted by molar-refractivity contribution is 6.02. The molecule has 1 amide bonds. The highest BCUT2D eigenvalue weighted by Crippen LogP contribution is 2.71.